The number of nitrogen functional groups attached to an aromatic ring is 1. The van der Waals surface area contributed by atoms with E-state index in [1.807, 2.05) is 6.92 Å². The Kier molecular flexibility index (Phi) is 13.1. The molecule has 5 aromatic carbocycles. The summed E-state index contributed by atoms with van der Waals surface area (Å²) in [6.07, 6.45) is 0. The van der Waals surface area contributed by atoms with E-state index < -0.39 is 20.8 Å². The molecule has 0 bridgehead atoms. The van der Waals surface area contributed by atoms with Crippen LogP contribution in [0.25, 0.3) is 10.8 Å². The summed E-state index contributed by atoms with van der Waals surface area (Å²) in [5, 5.41) is 61.5. The summed E-state index contributed by atoms with van der Waals surface area (Å²) in [7, 11) is -1.79. The highest BCUT2D eigenvalue weighted by molar-refractivity contribution is 7.95. The topological polar surface area (TPSA) is 271 Å². The Morgan fingerprint density at radius 3 is 1.78 bits per heavy atom. The third-order valence-electron chi connectivity index (χ3n) is 7.40. The maximum absolute atomic E-state index is 11.8. The zero-order valence-electron chi connectivity index (χ0n) is 28.4. The van der Waals surface area contributed by atoms with Crippen molar-refractivity contribution in [2.24, 2.45) is 30.7 Å². The highest BCUT2D eigenvalue weighted by Crippen LogP contribution is 2.46. The molecule has 5 aromatic rings. The largest absolute Gasteiger partial charge is 0.505 e. The number of benzene rings is 5. The second-order valence-electron chi connectivity index (χ2n) is 10.8. The molecule has 22 heteroatoms. The number of anilines is 1. The van der Waals surface area contributed by atoms with Gasteiger partial charge in [-0.2, -0.15) is 23.8 Å². The number of hydrogen-bond acceptors (Lipinski definition) is 20. The van der Waals surface area contributed by atoms with E-state index in [0.29, 0.717) is 51.0 Å². The summed E-state index contributed by atoms with van der Waals surface area (Å²) in [5.74, 6) is 0.155. The van der Waals surface area contributed by atoms with Crippen LogP contribution in [0.15, 0.2) is 112 Å². The molecule has 54 heavy (non-hydrogen) atoms. The van der Waals surface area contributed by atoms with E-state index in [0.717, 1.165) is 29.7 Å². The molecule has 0 saturated carbocycles. The van der Waals surface area contributed by atoms with Gasteiger partial charge in [-0.1, -0.05) is 10.1 Å². The minimum Gasteiger partial charge on any atom is -0.505 e. The summed E-state index contributed by atoms with van der Waals surface area (Å²) in [5.41, 5.74) is 8.89. The Labute approximate surface area is 314 Å². The lowest BCUT2D eigenvalue weighted by atomic mass is 10.1. The summed E-state index contributed by atoms with van der Waals surface area (Å²) in [6, 6.07) is 17.0. The van der Waals surface area contributed by atoms with Crippen LogP contribution in [0.2, 0.25) is 0 Å². The minimum absolute atomic E-state index is 0.0382. The van der Waals surface area contributed by atoms with Crippen molar-refractivity contribution in [2.75, 3.05) is 20.0 Å². The predicted molar refractivity (Wildman–Crippen MR) is 196 cm³/mol. The van der Waals surface area contributed by atoms with Crippen LogP contribution in [0.3, 0.4) is 0 Å². The molecular weight excluding hydrogens is 771 g/mol. The van der Waals surface area contributed by atoms with Gasteiger partial charge in [-0.3, -0.25) is 4.55 Å². The first-order chi connectivity index (χ1) is 25.9. The van der Waals surface area contributed by atoms with E-state index in [-0.39, 0.29) is 38.5 Å². The van der Waals surface area contributed by atoms with Crippen molar-refractivity contribution < 1.29 is 56.8 Å². The highest BCUT2D eigenvalue weighted by Gasteiger charge is 2.21. The Morgan fingerprint density at radius 1 is 0.685 bits per heavy atom. The number of nitrogens with zero attached hydrogens (tertiary/aromatic N) is 6. The summed E-state index contributed by atoms with van der Waals surface area (Å²) < 4.78 is 53.1. The normalized spacial score (nSPS) is 12.1. The van der Waals surface area contributed by atoms with Crippen LogP contribution < -0.4 is 15.2 Å². The Hall–Kier alpha value is -5.27. The average Bonchev–Trinajstić information content (AvgIpc) is 3.15. The van der Waals surface area contributed by atoms with E-state index in [4.69, 9.17) is 25.7 Å². The van der Waals surface area contributed by atoms with Crippen molar-refractivity contribution in [3.63, 3.8) is 0 Å². The monoisotopic (exact) mass is 799 g/mol. The van der Waals surface area contributed by atoms with Crippen LogP contribution >= 0.6 is 24.1 Å². The van der Waals surface area contributed by atoms with E-state index in [1.54, 1.807) is 55.5 Å². The van der Waals surface area contributed by atoms with Gasteiger partial charge in [0.2, 0.25) is 0 Å². The van der Waals surface area contributed by atoms with Gasteiger partial charge in [0.25, 0.3) is 10.1 Å². The average molecular weight is 800 g/mol. The van der Waals surface area contributed by atoms with Crippen molar-refractivity contribution in [2.45, 2.75) is 28.5 Å². The van der Waals surface area contributed by atoms with Gasteiger partial charge in [-0.25, -0.2) is 10.5 Å². The van der Waals surface area contributed by atoms with Gasteiger partial charge in [-0.15, -0.1) is 24.0 Å². The van der Waals surface area contributed by atoms with Crippen LogP contribution in [0, 0.1) is 13.8 Å². The first kappa shape index (κ1) is 39.9. The number of rotatable bonds is 15. The molecule has 0 heterocycles. The molecule has 282 valence electrons. The fourth-order valence-corrected chi connectivity index (χ4v) is 6.28. The van der Waals surface area contributed by atoms with Gasteiger partial charge in [0.05, 0.1) is 66.0 Å². The Bertz CT molecular complexity index is 2380. The molecule has 0 aromatic heterocycles. The number of ether oxygens (including phenoxy) is 2. The molecule has 0 spiro atoms. The fourth-order valence-electron chi connectivity index (χ4n) is 4.80. The Morgan fingerprint density at radius 2 is 1.22 bits per heavy atom. The van der Waals surface area contributed by atoms with Gasteiger partial charge in [0.15, 0.2) is 5.75 Å². The van der Waals surface area contributed by atoms with Crippen molar-refractivity contribution in [3.05, 3.63) is 77.9 Å². The van der Waals surface area contributed by atoms with Crippen LogP contribution in [0.5, 0.6) is 17.2 Å². The SMILES string of the molecule is COc1cc(N=Nc2ccc(SOOO)cc2)c(C)cc1N=Nc1cc(OC)c(N=Nc2c(SOOO)cc3cc(S(=O)(=O)O)c(N)cc3c2O)cc1C. The van der Waals surface area contributed by atoms with E-state index in [2.05, 4.69) is 49.4 Å². The zero-order chi connectivity index (χ0) is 39.0. The lowest BCUT2D eigenvalue weighted by Crippen LogP contribution is -2.03. The number of hydrogen-bond donors (Lipinski definition) is 5. The second kappa shape index (κ2) is 17.7. The summed E-state index contributed by atoms with van der Waals surface area (Å²) in [4.78, 5) is 0.134. The molecule has 0 aliphatic heterocycles. The molecule has 19 nitrogen and oxygen atoms in total. The number of nitrogens with two attached hydrogens (primary N) is 1. The third-order valence-corrected chi connectivity index (χ3v) is 9.52. The molecule has 5 rings (SSSR count). The number of azo groups is 3. The quantitative estimate of drug-likeness (QED) is 0.0164. The van der Waals surface area contributed by atoms with Crippen LogP contribution in [-0.2, 0) is 28.9 Å². The maximum atomic E-state index is 11.8. The standard InChI is InChI=1S/C32H29N7O12S3/c1-16-9-25(27(46-3)14-23(16)35-34-19-5-7-20(8-6-19)52-50-48-41)37-36-24-15-28(47-4)26(10-17(24)2)38-39-31-29(53-51-49-42)11-18-12-30(54(43,44)45)22(33)13-21(18)32(31)40/h5-15,40-42H,33H2,1-4H3,(H,43,44,45). The van der Waals surface area contributed by atoms with Crippen molar-refractivity contribution >= 4 is 84.8 Å². The lowest BCUT2D eigenvalue weighted by molar-refractivity contribution is -0.432. The number of phenols is 1. The van der Waals surface area contributed by atoms with Crippen molar-refractivity contribution in [3.8, 4) is 17.2 Å². The third kappa shape index (κ3) is 9.44. The Balaban J connectivity index is 1.43. The molecule has 0 saturated heterocycles. The predicted octanol–water partition coefficient (Wildman–Crippen LogP) is 10.1. The minimum atomic E-state index is -4.68. The first-order valence-corrected chi connectivity index (χ1v) is 17.9. The smallest absolute Gasteiger partial charge is 0.296 e. The van der Waals surface area contributed by atoms with Crippen LogP contribution in [0.1, 0.15) is 11.1 Å². The van der Waals surface area contributed by atoms with E-state index in [1.165, 1.54) is 20.3 Å². The van der Waals surface area contributed by atoms with Gasteiger partial charge in [-0.05, 0) is 85.0 Å². The van der Waals surface area contributed by atoms with Crippen molar-refractivity contribution in [1.82, 2.24) is 0 Å². The fraction of sp³-hybridized carbons (Fsp3) is 0.125. The number of aryl methyl sites for hydroxylation is 2. The van der Waals surface area contributed by atoms with Crippen LogP contribution in [-0.4, -0.2) is 42.8 Å². The highest BCUT2D eigenvalue weighted by atomic mass is 32.2. The molecule has 0 radical (unpaired) electrons. The number of phenolic OH excluding ortho intramolecular Hbond substituents is 1. The van der Waals surface area contributed by atoms with Gasteiger partial charge in [0, 0.05) is 22.4 Å². The molecule has 0 aliphatic carbocycles. The molecular formula is C32H29N7O12S3. The molecule has 6 N–H and O–H groups in total. The molecule has 0 aliphatic rings. The zero-order valence-corrected chi connectivity index (χ0v) is 30.8. The second-order valence-corrected chi connectivity index (χ2v) is 13.7. The first-order valence-electron chi connectivity index (χ1n) is 15.0. The number of fused-ring (bicyclic) bond motifs is 1. The van der Waals surface area contributed by atoms with Gasteiger partial charge in [0.1, 0.15) is 33.5 Å². The van der Waals surface area contributed by atoms with Gasteiger partial charge < -0.3 is 20.3 Å². The van der Waals surface area contributed by atoms with E-state index in [9.17, 15) is 18.1 Å². The van der Waals surface area contributed by atoms with E-state index >= 15 is 0 Å². The number of aromatic hydroxyl groups is 1. The maximum Gasteiger partial charge on any atom is 0.296 e. The molecule has 0 fully saturated rings. The lowest BCUT2D eigenvalue weighted by Gasteiger charge is -2.12. The van der Waals surface area contributed by atoms with Crippen molar-refractivity contribution in [1.29, 1.82) is 0 Å². The molecule has 0 amide bonds. The summed E-state index contributed by atoms with van der Waals surface area (Å²) >= 11 is 1.26. The van der Waals surface area contributed by atoms with Crippen LogP contribution in [0.4, 0.5) is 39.8 Å². The number of methoxy groups -OCH3 is 2. The summed E-state index contributed by atoms with van der Waals surface area (Å²) in [6.45, 7) is 3.59. The molecule has 0 unspecified atom stereocenters. The molecule has 0 atom stereocenters. The van der Waals surface area contributed by atoms with Gasteiger partial charge >= 0.3 is 0 Å².